The van der Waals surface area contributed by atoms with E-state index in [0.29, 0.717) is 12.6 Å². The highest BCUT2D eigenvalue weighted by atomic mass is 16.5. The first kappa shape index (κ1) is 26.5. The SMILES string of the molecule is CC(C)CC(NC(=O)OCc1ccccc1)C(=O)NC(C(=O)NCC(=O)C=[N+]=[N-])C(C)C. The Hall–Kier alpha value is -3.52. The summed E-state index contributed by atoms with van der Waals surface area (Å²) < 4.78 is 5.20. The summed E-state index contributed by atoms with van der Waals surface area (Å²) in [5.41, 5.74) is 9.17. The Morgan fingerprint density at radius 3 is 2.25 bits per heavy atom. The summed E-state index contributed by atoms with van der Waals surface area (Å²) in [5, 5.41) is 7.60. The molecular formula is C22H31N5O5. The van der Waals surface area contributed by atoms with Crippen molar-refractivity contribution >= 4 is 29.9 Å². The maximum Gasteiger partial charge on any atom is 0.408 e. The van der Waals surface area contributed by atoms with Gasteiger partial charge in [0.25, 0.3) is 5.78 Å². The van der Waals surface area contributed by atoms with Crippen LogP contribution in [0.3, 0.4) is 0 Å². The van der Waals surface area contributed by atoms with Gasteiger partial charge in [-0.1, -0.05) is 58.0 Å². The first-order valence-corrected chi connectivity index (χ1v) is 10.4. The van der Waals surface area contributed by atoms with E-state index >= 15 is 0 Å². The Morgan fingerprint density at radius 2 is 1.69 bits per heavy atom. The summed E-state index contributed by atoms with van der Waals surface area (Å²) in [4.78, 5) is 51.6. The number of Topliss-reactive ketones (excluding diaryl/α,β-unsaturated/α-hetero) is 1. The Bertz CT molecular complexity index is 834. The van der Waals surface area contributed by atoms with Crippen molar-refractivity contribution < 1.29 is 28.7 Å². The molecule has 10 heteroatoms. The van der Waals surface area contributed by atoms with Crippen LogP contribution in [0.2, 0.25) is 0 Å². The van der Waals surface area contributed by atoms with Crippen LogP contribution in [-0.2, 0) is 25.7 Å². The molecule has 174 valence electrons. The molecule has 1 rings (SSSR count). The molecule has 2 atom stereocenters. The minimum Gasteiger partial charge on any atom is -0.445 e. The number of nitrogens with zero attached hydrogens (tertiary/aromatic N) is 2. The largest absolute Gasteiger partial charge is 0.445 e. The van der Waals surface area contributed by atoms with Crippen molar-refractivity contribution in [2.75, 3.05) is 6.54 Å². The zero-order valence-corrected chi connectivity index (χ0v) is 18.8. The number of carbonyl (C=O) groups excluding carboxylic acids is 4. The molecule has 0 radical (unpaired) electrons. The van der Waals surface area contributed by atoms with E-state index in [1.54, 1.807) is 13.8 Å². The number of amides is 3. The van der Waals surface area contributed by atoms with Gasteiger partial charge in [0.05, 0.1) is 6.54 Å². The molecule has 0 aliphatic rings. The average Bonchev–Trinajstić information content (AvgIpc) is 2.74. The molecule has 0 saturated carbocycles. The molecule has 1 aromatic carbocycles. The highest BCUT2D eigenvalue weighted by Crippen LogP contribution is 2.09. The topological polar surface area (TPSA) is 150 Å². The lowest BCUT2D eigenvalue weighted by atomic mass is 10.00. The number of carbonyl (C=O) groups is 4. The van der Waals surface area contributed by atoms with Crippen molar-refractivity contribution in [2.45, 2.75) is 52.8 Å². The summed E-state index contributed by atoms with van der Waals surface area (Å²) in [7, 11) is 0. The first-order chi connectivity index (χ1) is 15.1. The molecule has 0 heterocycles. The van der Waals surface area contributed by atoms with Gasteiger partial charge in [0.15, 0.2) is 0 Å². The number of hydrogen-bond donors (Lipinski definition) is 3. The third kappa shape index (κ3) is 9.99. The van der Waals surface area contributed by atoms with Crippen LogP contribution in [0.5, 0.6) is 0 Å². The van der Waals surface area contributed by atoms with Gasteiger partial charge in [-0.3, -0.25) is 14.4 Å². The number of benzene rings is 1. The van der Waals surface area contributed by atoms with Crippen LogP contribution in [-0.4, -0.2) is 53.3 Å². The molecule has 1 aromatic rings. The second kappa shape index (κ2) is 13.7. The Labute approximate surface area is 187 Å². The Balaban J connectivity index is 2.75. The van der Waals surface area contributed by atoms with E-state index in [9.17, 15) is 19.2 Å². The molecule has 3 amide bonds. The number of ketones is 1. The molecule has 3 N–H and O–H groups in total. The van der Waals surface area contributed by atoms with E-state index in [2.05, 4.69) is 20.7 Å². The van der Waals surface area contributed by atoms with Gasteiger partial charge in [-0.2, -0.15) is 4.79 Å². The fourth-order valence-electron chi connectivity index (χ4n) is 2.79. The standard InChI is InChI=1S/C22H31N5O5/c1-14(2)10-18(26-22(31)32-13-16-8-6-5-7-9-16)20(29)27-19(15(3)4)21(30)24-11-17(28)12-25-23/h5-9,12,14-15,18-19H,10-11,13H2,1-4H3,(H,24,30)(H,26,31)(H,27,29). The van der Waals surface area contributed by atoms with Crippen molar-refractivity contribution in [3.63, 3.8) is 0 Å². The van der Waals surface area contributed by atoms with E-state index in [1.165, 1.54) is 0 Å². The molecule has 0 saturated heterocycles. The average molecular weight is 446 g/mol. The van der Waals surface area contributed by atoms with Crippen LogP contribution < -0.4 is 16.0 Å². The van der Waals surface area contributed by atoms with Gasteiger partial charge in [-0.15, -0.1) is 0 Å². The minimum atomic E-state index is -0.932. The minimum absolute atomic E-state index is 0.0604. The van der Waals surface area contributed by atoms with Crippen molar-refractivity contribution in [3.05, 3.63) is 41.4 Å². The van der Waals surface area contributed by atoms with Crippen LogP contribution in [0, 0.1) is 11.8 Å². The zero-order chi connectivity index (χ0) is 24.1. The van der Waals surface area contributed by atoms with Crippen LogP contribution in [0.25, 0.3) is 5.53 Å². The van der Waals surface area contributed by atoms with Crippen LogP contribution in [0.4, 0.5) is 4.79 Å². The van der Waals surface area contributed by atoms with E-state index in [0.717, 1.165) is 5.56 Å². The second-order valence-corrected chi connectivity index (χ2v) is 8.05. The van der Waals surface area contributed by atoms with Crippen LogP contribution in [0.15, 0.2) is 30.3 Å². The van der Waals surface area contributed by atoms with Gasteiger partial charge < -0.3 is 26.2 Å². The van der Waals surface area contributed by atoms with Gasteiger partial charge in [0, 0.05) is 0 Å². The highest BCUT2D eigenvalue weighted by molar-refractivity contribution is 6.26. The van der Waals surface area contributed by atoms with Crippen molar-refractivity contribution in [1.29, 1.82) is 0 Å². The normalized spacial score (nSPS) is 12.3. The molecule has 0 fully saturated rings. The second-order valence-electron chi connectivity index (χ2n) is 8.05. The lowest BCUT2D eigenvalue weighted by Gasteiger charge is -2.25. The van der Waals surface area contributed by atoms with Crippen LogP contribution in [0.1, 0.15) is 39.7 Å². The third-order valence-electron chi connectivity index (χ3n) is 4.41. The van der Waals surface area contributed by atoms with E-state index in [4.69, 9.17) is 10.3 Å². The number of ether oxygens (including phenoxy) is 1. The summed E-state index contributed by atoms with van der Waals surface area (Å²) in [5.74, 6) is -1.90. The smallest absolute Gasteiger partial charge is 0.408 e. The third-order valence-corrected chi connectivity index (χ3v) is 4.41. The summed E-state index contributed by atoms with van der Waals surface area (Å²) in [6.07, 6.45) is 0.269. The maximum atomic E-state index is 12.9. The molecular weight excluding hydrogens is 414 g/mol. The fourth-order valence-corrected chi connectivity index (χ4v) is 2.79. The van der Waals surface area contributed by atoms with Crippen LogP contribution >= 0.6 is 0 Å². The van der Waals surface area contributed by atoms with Crippen molar-refractivity contribution in [3.8, 4) is 0 Å². The molecule has 0 aromatic heterocycles. The fraction of sp³-hybridized carbons (Fsp3) is 0.500. The van der Waals surface area contributed by atoms with E-state index in [-0.39, 0.29) is 25.0 Å². The van der Waals surface area contributed by atoms with Gasteiger partial charge >= 0.3 is 12.3 Å². The van der Waals surface area contributed by atoms with Crippen molar-refractivity contribution in [1.82, 2.24) is 16.0 Å². The molecule has 0 spiro atoms. The Kier molecular flexibility index (Phi) is 11.4. The predicted octanol–water partition coefficient (Wildman–Crippen LogP) is 1.45. The number of hydrogen-bond acceptors (Lipinski definition) is 5. The molecule has 2 unspecified atom stereocenters. The summed E-state index contributed by atoms with van der Waals surface area (Å²) in [6.45, 7) is 6.96. The van der Waals surface area contributed by atoms with E-state index in [1.807, 2.05) is 44.2 Å². The first-order valence-electron chi connectivity index (χ1n) is 10.4. The summed E-state index contributed by atoms with van der Waals surface area (Å²) >= 11 is 0. The van der Waals surface area contributed by atoms with Crippen molar-refractivity contribution in [2.24, 2.45) is 11.8 Å². The quantitative estimate of drug-likeness (QED) is 0.253. The predicted molar refractivity (Wildman–Crippen MR) is 117 cm³/mol. The molecule has 0 bridgehead atoms. The Morgan fingerprint density at radius 1 is 1.03 bits per heavy atom. The number of alkyl carbamates (subject to hydrolysis) is 1. The zero-order valence-electron chi connectivity index (χ0n) is 18.8. The van der Waals surface area contributed by atoms with E-state index < -0.39 is 35.8 Å². The molecule has 32 heavy (non-hydrogen) atoms. The van der Waals surface area contributed by atoms with Gasteiger partial charge in [-0.05, 0) is 23.8 Å². The number of nitrogens with one attached hydrogen (secondary N) is 3. The molecule has 0 aliphatic carbocycles. The van der Waals surface area contributed by atoms with Gasteiger partial charge in [0.1, 0.15) is 18.7 Å². The van der Waals surface area contributed by atoms with Gasteiger partial charge in [-0.25, -0.2) is 4.79 Å². The number of rotatable bonds is 12. The molecule has 10 nitrogen and oxygen atoms in total. The lowest BCUT2D eigenvalue weighted by Crippen LogP contribution is -2.56. The highest BCUT2D eigenvalue weighted by Gasteiger charge is 2.29. The lowest BCUT2D eigenvalue weighted by molar-refractivity contribution is -0.131. The summed E-state index contributed by atoms with van der Waals surface area (Å²) in [6, 6.07) is 7.29. The monoisotopic (exact) mass is 445 g/mol. The molecule has 0 aliphatic heterocycles. The van der Waals surface area contributed by atoms with Gasteiger partial charge in [0.2, 0.25) is 11.8 Å². The maximum absolute atomic E-state index is 12.9.